The third kappa shape index (κ3) is 5.02. The number of benzene rings is 1. The van der Waals surface area contributed by atoms with Gasteiger partial charge in [-0.05, 0) is 54.9 Å². The zero-order chi connectivity index (χ0) is 20.1. The highest BCUT2D eigenvalue weighted by atomic mass is 16.5. The number of carbonyl (C=O) groups is 1. The normalized spacial score (nSPS) is 18.9. The van der Waals surface area contributed by atoms with E-state index in [1.54, 1.807) is 6.20 Å². The van der Waals surface area contributed by atoms with E-state index in [-0.39, 0.29) is 12.1 Å². The van der Waals surface area contributed by atoms with Crippen molar-refractivity contribution in [1.29, 1.82) is 0 Å². The Bertz CT molecular complexity index is 930. The van der Waals surface area contributed by atoms with Gasteiger partial charge in [-0.1, -0.05) is 30.3 Å². The molecule has 1 aliphatic carbocycles. The van der Waals surface area contributed by atoms with Crippen LogP contribution in [0.5, 0.6) is 5.88 Å². The van der Waals surface area contributed by atoms with E-state index >= 15 is 0 Å². The van der Waals surface area contributed by atoms with Gasteiger partial charge in [0.1, 0.15) is 12.7 Å². The molecule has 4 rings (SSSR count). The first-order valence-electron chi connectivity index (χ1n) is 10.0. The Morgan fingerprint density at radius 2 is 1.90 bits per heavy atom. The average molecular weight is 391 g/mol. The lowest BCUT2D eigenvalue weighted by Gasteiger charge is -2.28. The molecule has 0 atom stereocenters. The summed E-state index contributed by atoms with van der Waals surface area (Å²) >= 11 is 0. The van der Waals surface area contributed by atoms with Crippen LogP contribution in [0.15, 0.2) is 54.7 Å². The van der Waals surface area contributed by atoms with Crippen molar-refractivity contribution < 1.29 is 14.3 Å². The highest BCUT2D eigenvalue weighted by molar-refractivity contribution is 5.66. The third-order valence-electron chi connectivity index (χ3n) is 5.35. The molecule has 6 nitrogen and oxygen atoms in total. The van der Waals surface area contributed by atoms with Crippen LogP contribution in [-0.2, 0) is 16.1 Å². The second kappa shape index (κ2) is 8.90. The minimum absolute atomic E-state index is 0.0810. The van der Waals surface area contributed by atoms with Gasteiger partial charge in [-0.25, -0.2) is 0 Å². The van der Waals surface area contributed by atoms with Crippen LogP contribution in [0.2, 0.25) is 0 Å². The van der Waals surface area contributed by atoms with Crippen molar-refractivity contribution in [3.8, 4) is 17.1 Å². The summed E-state index contributed by atoms with van der Waals surface area (Å²) in [6, 6.07) is 16.2. The Morgan fingerprint density at radius 1 is 1.10 bits per heavy atom. The Kier molecular flexibility index (Phi) is 5.89. The Labute approximate surface area is 170 Å². The number of H-pyrrole nitrogens is 1. The van der Waals surface area contributed by atoms with Gasteiger partial charge < -0.3 is 9.47 Å². The molecular weight excluding hydrogens is 366 g/mol. The maximum atomic E-state index is 11.1. The summed E-state index contributed by atoms with van der Waals surface area (Å²) in [5.74, 6) is 0.897. The Balaban J connectivity index is 1.34. The largest absolute Gasteiger partial charge is 0.470 e. The van der Waals surface area contributed by atoms with Crippen LogP contribution >= 0.6 is 0 Å². The van der Waals surface area contributed by atoms with Gasteiger partial charge in [-0.2, -0.15) is 0 Å². The van der Waals surface area contributed by atoms with Crippen LogP contribution < -0.4 is 4.74 Å². The number of aromatic amines is 1. The van der Waals surface area contributed by atoms with Crippen LogP contribution in [0, 0.1) is 0 Å². The van der Waals surface area contributed by atoms with Crippen molar-refractivity contribution >= 4 is 5.97 Å². The van der Waals surface area contributed by atoms with Gasteiger partial charge in [0.15, 0.2) is 0 Å². The lowest BCUT2D eigenvalue weighted by molar-refractivity contribution is -0.147. The first-order chi connectivity index (χ1) is 14.2. The van der Waals surface area contributed by atoms with Crippen molar-refractivity contribution in [2.75, 3.05) is 0 Å². The summed E-state index contributed by atoms with van der Waals surface area (Å²) < 4.78 is 11.0. The van der Waals surface area contributed by atoms with E-state index in [1.165, 1.54) is 12.5 Å². The Hall–Kier alpha value is -3.15. The Morgan fingerprint density at radius 3 is 2.59 bits per heavy atom. The second-order valence-electron chi connectivity index (χ2n) is 7.43. The van der Waals surface area contributed by atoms with Crippen LogP contribution in [0.25, 0.3) is 11.3 Å². The number of pyridine rings is 1. The van der Waals surface area contributed by atoms with Crippen molar-refractivity contribution in [3.63, 3.8) is 0 Å². The van der Waals surface area contributed by atoms with Gasteiger partial charge >= 0.3 is 5.97 Å². The zero-order valence-corrected chi connectivity index (χ0v) is 16.5. The molecule has 29 heavy (non-hydrogen) atoms. The second-order valence-corrected chi connectivity index (χ2v) is 7.43. The number of nitrogens with one attached hydrogen (secondary N) is 1. The number of esters is 1. The predicted octanol–water partition coefficient (Wildman–Crippen LogP) is 4.64. The molecule has 0 radical (unpaired) electrons. The summed E-state index contributed by atoms with van der Waals surface area (Å²) in [4.78, 5) is 15.4. The van der Waals surface area contributed by atoms with Crippen LogP contribution in [-0.4, -0.2) is 27.3 Å². The SMILES string of the molecule is CC(=O)OC1CCC(c2ccc(-c3cc(OCc4ccccn4)n[nH]3)cc2)CC1. The number of nitrogens with zero attached hydrogens (tertiary/aromatic N) is 2. The molecule has 150 valence electrons. The molecule has 1 saturated carbocycles. The molecular formula is C23H25N3O3. The molecule has 0 spiro atoms. The number of carbonyl (C=O) groups excluding carboxylic acids is 1. The van der Waals surface area contributed by atoms with Crippen LogP contribution in [0.4, 0.5) is 0 Å². The fourth-order valence-corrected chi connectivity index (χ4v) is 3.84. The quantitative estimate of drug-likeness (QED) is 0.620. The number of rotatable bonds is 6. The third-order valence-corrected chi connectivity index (χ3v) is 5.35. The molecule has 0 aliphatic heterocycles. The summed E-state index contributed by atoms with van der Waals surface area (Å²) in [5.41, 5.74) is 4.19. The fraction of sp³-hybridized carbons (Fsp3) is 0.348. The molecule has 6 heteroatoms. The summed E-state index contributed by atoms with van der Waals surface area (Å²) in [7, 11) is 0. The maximum Gasteiger partial charge on any atom is 0.302 e. The number of ether oxygens (including phenoxy) is 2. The molecule has 2 heterocycles. The number of hydrogen-bond donors (Lipinski definition) is 1. The lowest BCUT2D eigenvalue weighted by atomic mass is 9.82. The minimum atomic E-state index is -0.180. The molecule has 0 amide bonds. The molecule has 1 fully saturated rings. The summed E-state index contributed by atoms with van der Waals surface area (Å²) in [5, 5.41) is 7.27. The first-order valence-corrected chi connectivity index (χ1v) is 10.0. The van der Waals surface area contributed by atoms with Gasteiger partial charge in [0.05, 0.1) is 11.4 Å². The molecule has 0 unspecified atom stereocenters. The molecule has 2 aromatic heterocycles. The fourth-order valence-electron chi connectivity index (χ4n) is 3.84. The van der Waals surface area contributed by atoms with E-state index in [9.17, 15) is 4.79 Å². The monoisotopic (exact) mass is 391 g/mol. The van der Waals surface area contributed by atoms with E-state index in [2.05, 4.69) is 39.4 Å². The minimum Gasteiger partial charge on any atom is -0.470 e. The van der Waals surface area contributed by atoms with Gasteiger partial charge in [0, 0.05) is 19.2 Å². The lowest BCUT2D eigenvalue weighted by Crippen LogP contribution is -2.22. The van der Waals surface area contributed by atoms with Crippen LogP contribution in [0.3, 0.4) is 0 Å². The van der Waals surface area contributed by atoms with Crippen molar-refractivity contribution in [3.05, 3.63) is 66.0 Å². The first kappa shape index (κ1) is 19.2. The van der Waals surface area contributed by atoms with E-state index in [4.69, 9.17) is 9.47 Å². The average Bonchev–Trinajstić information content (AvgIpc) is 3.22. The van der Waals surface area contributed by atoms with Gasteiger partial charge in [-0.3, -0.25) is 14.9 Å². The molecule has 1 aliphatic rings. The van der Waals surface area contributed by atoms with Crippen LogP contribution in [0.1, 0.15) is 49.8 Å². The smallest absolute Gasteiger partial charge is 0.302 e. The maximum absolute atomic E-state index is 11.1. The molecule has 3 aromatic rings. The van der Waals surface area contributed by atoms with E-state index < -0.39 is 0 Å². The van der Waals surface area contributed by atoms with Gasteiger partial charge in [-0.15, -0.1) is 5.10 Å². The molecule has 0 saturated heterocycles. The van der Waals surface area contributed by atoms with Gasteiger partial charge in [0.2, 0.25) is 5.88 Å². The van der Waals surface area contributed by atoms with Crippen molar-refractivity contribution in [2.24, 2.45) is 0 Å². The van der Waals surface area contributed by atoms with E-state index in [1.807, 2.05) is 24.3 Å². The predicted molar refractivity (Wildman–Crippen MR) is 109 cm³/mol. The van der Waals surface area contributed by atoms with Gasteiger partial charge in [0.25, 0.3) is 0 Å². The molecule has 1 N–H and O–H groups in total. The number of hydrogen-bond acceptors (Lipinski definition) is 5. The summed E-state index contributed by atoms with van der Waals surface area (Å²) in [6.45, 7) is 1.87. The standard InChI is InChI=1S/C23H25N3O3/c1-16(27)29-21-11-9-18(10-12-21)17-5-7-19(8-6-17)22-14-23(26-25-22)28-15-20-4-2-3-13-24-20/h2-8,13-14,18,21H,9-12,15H2,1H3,(H,25,26). The van der Waals surface area contributed by atoms with E-state index in [0.29, 0.717) is 18.4 Å². The number of aromatic nitrogens is 3. The van der Waals surface area contributed by atoms with Crippen molar-refractivity contribution in [1.82, 2.24) is 15.2 Å². The highest BCUT2D eigenvalue weighted by Crippen LogP contribution is 2.35. The molecule has 0 bridgehead atoms. The van der Waals surface area contributed by atoms with Crippen molar-refractivity contribution in [2.45, 2.75) is 51.2 Å². The molecule has 1 aromatic carbocycles. The highest BCUT2D eigenvalue weighted by Gasteiger charge is 2.24. The zero-order valence-electron chi connectivity index (χ0n) is 16.5. The summed E-state index contributed by atoms with van der Waals surface area (Å²) in [6.07, 6.45) is 5.80. The van der Waals surface area contributed by atoms with E-state index in [0.717, 1.165) is 42.6 Å². The topological polar surface area (TPSA) is 77.1 Å².